The van der Waals surface area contributed by atoms with Crippen LogP contribution >= 0.6 is 11.3 Å². The predicted octanol–water partition coefficient (Wildman–Crippen LogP) is 13.8. The predicted molar refractivity (Wildman–Crippen MR) is 221 cm³/mol. The molecule has 4 heterocycles. The molecule has 0 saturated heterocycles. The minimum atomic E-state index is 0.912. The maximum atomic E-state index is 6.67. The minimum Gasteiger partial charge on any atom is -0.455 e. The van der Waals surface area contributed by atoms with Crippen LogP contribution in [0.3, 0.4) is 0 Å². The smallest absolute Gasteiger partial charge is 0.145 e. The number of benzene rings is 8. The standard InChI is InChI=1S/C48H28N2OS/c1-2-11-30(12-3-1)50-41-27-25-35-33-13-5-8-19-42(33)51-47(35)45(41)38-26-28-40-44(46(38)50)37-15-4-7-18-39(37)49(40)31-23-21-29(22-24-31)32-16-10-17-36-34-14-6-9-20-43(34)52-48(32)36/h1-28H. The van der Waals surface area contributed by atoms with E-state index in [0.29, 0.717) is 0 Å². The summed E-state index contributed by atoms with van der Waals surface area (Å²) in [7, 11) is 0. The molecule has 0 spiro atoms. The number of nitrogens with zero attached hydrogens (tertiary/aromatic N) is 2. The summed E-state index contributed by atoms with van der Waals surface area (Å²) in [6.07, 6.45) is 0. The van der Waals surface area contributed by atoms with Crippen molar-refractivity contribution in [1.82, 2.24) is 9.13 Å². The van der Waals surface area contributed by atoms with Gasteiger partial charge in [0.25, 0.3) is 0 Å². The van der Waals surface area contributed by atoms with Gasteiger partial charge in [-0.05, 0) is 77.9 Å². The fourth-order valence-corrected chi connectivity index (χ4v) is 9.95. The maximum absolute atomic E-state index is 6.67. The third-order valence-electron chi connectivity index (χ3n) is 10.9. The Morgan fingerprint density at radius 1 is 0.404 bits per heavy atom. The summed E-state index contributed by atoms with van der Waals surface area (Å²) in [5.74, 6) is 0. The number of fused-ring (bicyclic) bond motifs is 14. The van der Waals surface area contributed by atoms with Crippen molar-refractivity contribution in [3.05, 3.63) is 170 Å². The summed E-state index contributed by atoms with van der Waals surface area (Å²) in [5.41, 5.74) is 11.3. The number of furan rings is 1. The Hall–Kier alpha value is -6.62. The molecule has 4 aromatic heterocycles. The molecule has 0 saturated carbocycles. The highest BCUT2D eigenvalue weighted by molar-refractivity contribution is 7.26. The molecule has 0 aliphatic heterocycles. The summed E-state index contributed by atoms with van der Waals surface area (Å²) in [4.78, 5) is 0. The van der Waals surface area contributed by atoms with Crippen molar-refractivity contribution in [2.45, 2.75) is 0 Å². The van der Waals surface area contributed by atoms with Gasteiger partial charge in [0.15, 0.2) is 0 Å². The Kier molecular flexibility index (Phi) is 5.65. The Morgan fingerprint density at radius 2 is 1.08 bits per heavy atom. The fourth-order valence-electron chi connectivity index (χ4n) is 8.71. The van der Waals surface area contributed by atoms with Crippen molar-refractivity contribution in [3.63, 3.8) is 0 Å². The van der Waals surface area contributed by atoms with E-state index in [1.807, 2.05) is 17.4 Å². The maximum Gasteiger partial charge on any atom is 0.145 e. The fraction of sp³-hybridized carbons (Fsp3) is 0. The first kappa shape index (κ1) is 28.1. The first-order valence-corrected chi connectivity index (χ1v) is 18.5. The van der Waals surface area contributed by atoms with Crippen molar-refractivity contribution in [3.8, 4) is 22.5 Å². The second-order valence-corrected chi connectivity index (χ2v) is 14.7. The average Bonchev–Trinajstić information content (AvgIpc) is 3.95. The molecule has 12 rings (SSSR count). The number of hydrogen-bond donors (Lipinski definition) is 0. The van der Waals surface area contributed by atoms with Gasteiger partial charge in [0.05, 0.1) is 27.5 Å². The van der Waals surface area contributed by atoms with Gasteiger partial charge < -0.3 is 13.6 Å². The largest absolute Gasteiger partial charge is 0.455 e. The molecule has 0 radical (unpaired) electrons. The molecule has 0 aliphatic carbocycles. The Balaban J connectivity index is 1.14. The molecule has 52 heavy (non-hydrogen) atoms. The lowest BCUT2D eigenvalue weighted by Crippen LogP contribution is -1.95. The normalized spacial score (nSPS) is 12.2. The van der Waals surface area contributed by atoms with Gasteiger partial charge in [-0.2, -0.15) is 0 Å². The van der Waals surface area contributed by atoms with Crippen LogP contribution in [0.15, 0.2) is 174 Å². The Bertz CT molecular complexity index is 3390. The van der Waals surface area contributed by atoms with Crippen LogP contribution < -0.4 is 0 Å². The number of thiophene rings is 1. The van der Waals surface area contributed by atoms with E-state index in [1.165, 1.54) is 64.0 Å². The summed E-state index contributed by atoms with van der Waals surface area (Å²) in [5, 5.41) is 9.72. The third-order valence-corrected chi connectivity index (χ3v) is 12.1. The monoisotopic (exact) mass is 680 g/mol. The van der Waals surface area contributed by atoms with E-state index in [1.54, 1.807) is 0 Å². The molecule has 4 heteroatoms. The summed E-state index contributed by atoms with van der Waals surface area (Å²) in [6.45, 7) is 0. The summed E-state index contributed by atoms with van der Waals surface area (Å²) >= 11 is 1.88. The highest BCUT2D eigenvalue weighted by Crippen LogP contribution is 2.46. The van der Waals surface area contributed by atoms with E-state index in [2.05, 4.69) is 173 Å². The molecule has 8 aromatic carbocycles. The van der Waals surface area contributed by atoms with E-state index >= 15 is 0 Å². The molecule has 0 bridgehead atoms. The van der Waals surface area contributed by atoms with Gasteiger partial charge in [-0.1, -0.05) is 103 Å². The van der Waals surface area contributed by atoms with Crippen LogP contribution in [0.4, 0.5) is 0 Å². The van der Waals surface area contributed by atoms with Crippen LogP contribution in [-0.2, 0) is 0 Å². The zero-order valence-corrected chi connectivity index (χ0v) is 28.7. The van der Waals surface area contributed by atoms with Crippen molar-refractivity contribution >= 4 is 97.1 Å². The number of hydrogen-bond acceptors (Lipinski definition) is 2. The Morgan fingerprint density at radius 3 is 1.94 bits per heavy atom. The first-order valence-electron chi connectivity index (χ1n) is 17.7. The van der Waals surface area contributed by atoms with Crippen LogP contribution in [-0.4, -0.2) is 9.13 Å². The lowest BCUT2D eigenvalue weighted by molar-refractivity contribution is 0.673. The van der Waals surface area contributed by atoms with Crippen LogP contribution in [0.2, 0.25) is 0 Å². The van der Waals surface area contributed by atoms with Gasteiger partial charge >= 0.3 is 0 Å². The molecule has 0 atom stereocenters. The minimum absolute atomic E-state index is 0.912. The second-order valence-electron chi connectivity index (χ2n) is 13.6. The van der Waals surface area contributed by atoms with Gasteiger partial charge in [-0.25, -0.2) is 0 Å². The van der Waals surface area contributed by atoms with Crippen LogP contribution in [0, 0.1) is 0 Å². The number of para-hydroxylation sites is 3. The van der Waals surface area contributed by atoms with Crippen LogP contribution in [0.25, 0.3) is 108 Å². The van der Waals surface area contributed by atoms with Crippen LogP contribution in [0.1, 0.15) is 0 Å². The van der Waals surface area contributed by atoms with E-state index in [-0.39, 0.29) is 0 Å². The third kappa shape index (κ3) is 3.74. The first-order chi connectivity index (χ1) is 25.8. The molecule has 0 unspecified atom stereocenters. The van der Waals surface area contributed by atoms with E-state index in [4.69, 9.17) is 4.42 Å². The molecule has 0 aliphatic rings. The van der Waals surface area contributed by atoms with Crippen molar-refractivity contribution in [2.24, 2.45) is 0 Å². The van der Waals surface area contributed by atoms with Gasteiger partial charge in [-0.15, -0.1) is 11.3 Å². The molecule has 12 aromatic rings. The number of rotatable bonds is 3. The van der Waals surface area contributed by atoms with Crippen molar-refractivity contribution in [2.75, 3.05) is 0 Å². The average molecular weight is 681 g/mol. The quantitative estimate of drug-likeness (QED) is 0.182. The van der Waals surface area contributed by atoms with E-state index < -0.39 is 0 Å². The molecule has 0 N–H and O–H groups in total. The van der Waals surface area contributed by atoms with Gasteiger partial charge in [0.2, 0.25) is 0 Å². The lowest BCUT2D eigenvalue weighted by Gasteiger charge is -2.11. The molecular weight excluding hydrogens is 653 g/mol. The van der Waals surface area contributed by atoms with Crippen molar-refractivity contribution < 1.29 is 4.42 Å². The zero-order valence-electron chi connectivity index (χ0n) is 27.9. The molecule has 0 amide bonds. The Labute approximate surface area is 301 Å². The highest BCUT2D eigenvalue weighted by atomic mass is 32.1. The topological polar surface area (TPSA) is 23.0 Å². The second kappa shape index (κ2) is 10.5. The molecular formula is C48H28N2OS. The van der Waals surface area contributed by atoms with Gasteiger partial charge in [-0.3, -0.25) is 0 Å². The summed E-state index contributed by atoms with van der Waals surface area (Å²) in [6, 6.07) is 61.6. The van der Waals surface area contributed by atoms with E-state index in [9.17, 15) is 0 Å². The zero-order chi connectivity index (χ0) is 33.9. The molecule has 0 fully saturated rings. The van der Waals surface area contributed by atoms with E-state index in [0.717, 1.165) is 44.2 Å². The SMILES string of the molecule is c1ccc(-n2c3ccc4c5ccccc5oc4c3c3ccc4c(c5ccccc5n4-c4ccc(-c5cccc6c5sc5ccccc56)cc4)c32)cc1. The molecule has 242 valence electrons. The van der Waals surface area contributed by atoms with Crippen molar-refractivity contribution in [1.29, 1.82) is 0 Å². The lowest BCUT2D eigenvalue weighted by atomic mass is 10.0. The van der Waals surface area contributed by atoms with Crippen LogP contribution in [0.5, 0.6) is 0 Å². The van der Waals surface area contributed by atoms with Gasteiger partial charge in [0.1, 0.15) is 11.2 Å². The summed E-state index contributed by atoms with van der Waals surface area (Å²) < 4.78 is 14.2. The highest BCUT2D eigenvalue weighted by Gasteiger charge is 2.23. The molecule has 3 nitrogen and oxygen atoms in total. The van der Waals surface area contributed by atoms with Gasteiger partial charge in [0, 0.05) is 58.5 Å². The number of aromatic nitrogens is 2.